The summed E-state index contributed by atoms with van der Waals surface area (Å²) >= 11 is 6.03. The van der Waals surface area contributed by atoms with Crippen molar-refractivity contribution >= 4 is 39.3 Å². The number of nitrogens with one attached hydrogen (secondary N) is 1. The molecule has 0 aromatic heterocycles. The third-order valence-corrected chi connectivity index (χ3v) is 6.97. The van der Waals surface area contributed by atoms with Gasteiger partial charge in [0.05, 0.1) is 5.56 Å². The molecule has 1 heterocycles. The van der Waals surface area contributed by atoms with Crippen molar-refractivity contribution in [3.05, 3.63) is 64.7 Å². The molecular weight excluding hydrogens is 442 g/mol. The number of halogens is 1. The van der Waals surface area contributed by atoms with E-state index in [9.17, 15) is 22.8 Å². The molecule has 0 saturated carbocycles. The van der Waals surface area contributed by atoms with E-state index >= 15 is 0 Å². The summed E-state index contributed by atoms with van der Waals surface area (Å²) in [7, 11) is -4.15. The van der Waals surface area contributed by atoms with Gasteiger partial charge in [0, 0.05) is 18.1 Å². The molecule has 0 unspecified atom stereocenters. The van der Waals surface area contributed by atoms with Gasteiger partial charge in [-0.2, -0.15) is 0 Å². The molecule has 10 heteroatoms. The molecule has 0 aliphatic carbocycles. The fourth-order valence-electron chi connectivity index (χ4n) is 3.34. The Bertz CT molecular complexity index is 1140. The number of amides is 3. The molecule has 1 aliphatic rings. The number of hydrogen-bond acceptors (Lipinski definition) is 5. The second kappa shape index (κ2) is 9.07. The third-order valence-electron chi connectivity index (χ3n) is 4.95. The number of likely N-dealkylation sites (N-methyl/N-ethyl adjacent to an activating group) is 1. The lowest BCUT2D eigenvalue weighted by atomic mass is 10.1. The lowest BCUT2D eigenvalue weighted by molar-refractivity contribution is -0.140. The van der Waals surface area contributed by atoms with Crippen LogP contribution in [-0.2, 0) is 26.2 Å². The van der Waals surface area contributed by atoms with Crippen LogP contribution in [0.5, 0.6) is 0 Å². The van der Waals surface area contributed by atoms with Crippen LogP contribution in [0, 0.1) is 0 Å². The number of fused-ring (bicyclic) bond motifs is 1. The highest BCUT2D eigenvalue weighted by Gasteiger charge is 2.43. The average molecular weight is 464 g/mol. The minimum Gasteiger partial charge on any atom is -0.355 e. The first-order valence-corrected chi connectivity index (χ1v) is 11.5. The van der Waals surface area contributed by atoms with E-state index in [1.54, 1.807) is 44.2 Å². The van der Waals surface area contributed by atoms with E-state index in [0.717, 1.165) is 0 Å². The molecule has 2 aromatic rings. The molecule has 0 bridgehead atoms. The smallest absolute Gasteiger partial charge is 0.269 e. The lowest BCUT2D eigenvalue weighted by Crippen LogP contribution is -2.51. The normalized spacial score (nSPS) is 15.3. The van der Waals surface area contributed by atoms with Gasteiger partial charge in [-0.1, -0.05) is 35.9 Å². The van der Waals surface area contributed by atoms with Gasteiger partial charge in [0.1, 0.15) is 17.5 Å². The fraction of sp³-hybridized carbons (Fsp3) is 0.286. The molecule has 3 rings (SSSR count). The minimum atomic E-state index is -4.15. The van der Waals surface area contributed by atoms with Gasteiger partial charge in [-0.05, 0) is 43.7 Å². The van der Waals surface area contributed by atoms with Crippen molar-refractivity contribution in [1.82, 2.24) is 14.5 Å². The Morgan fingerprint density at radius 2 is 1.87 bits per heavy atom. The van der Waals surface area contributed by atoms with Crippen LogP contribution in [0.15, 0.2) is 53.4 Å². The largest absolute Gasteiger partial charge is 0.355 e. The zero-order valence-corrected chi connectivity index (χ0v) is 18.6. The van der Waals surface area contributed by atoms with Gasteiger partial charge in [-0.3, -0.25) is 14.4 Å². The number of benzene rings is 2. The second-order valence-corrected chi connectivity index (χ2v) is 9.30. The third kappa shape index (κ3) is 4.57. The van der Waals surface area contributed by atoms with Crippen molar-refractivity contribution in [3.8, 4) is 0 Å². The Morgan fingerprint density at radius 1 is 1.16 bits per heavy atom. The second-order valence-electron chi connectivity index (χ2n) is 7.04. The van der Waals surface area contributed by atoms with E-state index in [1.807, 2.05) is 0 Å². The predicted octanol–water partition coefficient (Wildman–Crippen LogP) is 2.04. The van der Waals surface area contributed by atoms with Gasteiger partial charge >= 0.3 is 0 Å². The molecule has 0 saturated heterocycles. The maximum absolute atomic E-state index is 13.2. The number of nitrogens with zero attached hydrogens (tertiary/aromatic N) is 2. The molecule has 164 valence electrons. The first-order chi connectivity index (χ1) is 14.7. The molecule has 8 nitrogen and oxygen atoms in total. The van der Waals surface area contributed by atoms with E-state index in [4.69, 9.17) is 11.6 Å². The van der Waals surface area contributed by atoms with Crippen LogP contribution in [-0.4, -0.2) is 54.5 Å². The number of carbonyl (C=O) groups excluding carboxylic acids is 3. The van der Waals surface area contributed by atoms with Crippen LogP contribution in [0.2, 0.25) is 5.02 Å². The van der Waals surface area contributed by atoms with E-state index in [0.29, 0.717) is 21.4 Å². The SMILES string of the molecule is CCNC(=O)[C@@H](C)N(Cc1cccc(Cl)c1)C(=O)CN1C(=O)c2ccccc2S1(=O)=O. The number of sulfonamides is 1. The molecule has 3 amide bonds. The zero-order chi connectivity index (χ0) is 22.8. The maximum Gasteiger partial charge on any atom is 0.269 e. The minimum absolute atomic E-state index is 0.0206. The van der Waals surface area contributed by atoms with Crippen LogP contribution in [0.25, 0.3) is 0 Å². The molecule has 0 spiro atoms. The highest BCUT2D eigenvalue weighted by atomic mass is 35.5. The van der Waals surface area contributed by atoms with E-state index in [-0.39, 0.29) is 17.0 Å². The highest BCUT2D eigenvalue weighted by molar-refractivity contribution is 7.90. The standard InChI is InChI=1S/C21H22ClN3O5S/c1-3-23-20(27)14(2)24(12-15-7-6-8-16(22)11-15)19(26)13-25-21(28)17-9-4-5-10-18(17)31(25,29)30/h4-11,14H,3,12-13H2,1-2H3,(H,23,27)/t14-/m1/s1. The van der Waals surface area contributed by atoms with Crippen LogP contribution in [0.1, 0.15) is 29.8 Å². The summed E-state index contributed by atoms with van der Waals surface area (Å²) < 4.78 is 26.2. The van der Waals surface area contributed by atoms with E-state index in [2.05, 4.69) is 5.32 Å². The van der Waals surface area contributed by atoms with E-state index in [1.165, 1.54) is 23.1 Å². The monoisotopic (exact) mass is 463 g/mol. The topological polar surface area (TPSA) is 104 Å². The van der Waals surface area contributed by atoms with Crippen molar-refractivity contribution in [3.63, 3.8) is 0 Å². The van der Waals surface area contributed by atoms with Gasteiger partial charge in [0.25, 0.3) is 15.9 Å². The summed E-state index contributed by atoms with van der Waals surface area (Å²) in [4.78, 5) is 39.4. The van der Waals surface area contributed by atoms with Crippen molar-refractivity contribution in [1.29, 1.82) is 0 Å². The molecule has 31 heavy (non-hydrogen) atoms. The molecule has 0 radical (unpaired) electrons. The summed E-state index contributed by atoms with van der Waals surface area (Å²) in [6, 6.07) is 11.7. The molecule has 1 N–H and O–H groups in total. The highest BCUT2D eigenvalue weighted by Crippen LogP contribution is 2.30. The maximum atomic E-state index is 13.2. The Balaban J connectivity index is 1.89. The molecule has 0 fully saturated rings. The van der Waals surface area contributed by atoms with Crippen LogP contribution in [0.4, 0.5) is 0 Å². The van der Waals surface area contributed by atoms with Gasteiger partial charge in [0.2, 0.25) is 11.8 Å². The first kappa shape index (κ1) is 22.8. The summed E-state index contributed by atoms with van der Waals surface area (Å²) in [5.74, 6) is -1.84. The Morgan fingerprint density at radius 3 is 2.52 bits per heavy atom. The summed E-state index contributed by atoms with van der Waals surface area (Å²) in [5.41, 5.74) is 0.685. The van der Waals surface area contributed by atoms with Crippen LogP contribution < -0.4 is 5.32 Å². The Labute approximate surface area is 185 Å². The lowest BCUT2D eigenvalue weighted by Gasteiger charge is -2.30. The molecule has 1 aliphatic heterocycles. The average Bonchev–Trinajstić information content (AvgIpc) is 2.92. The van der Waals surface area contributed by atoms with Crippen molar-refractivity contribution in [2.45, 2.75) is 31.3 Å². The van der Waals surface area contributed by atoms with Crippen molar-refractivity contribution in [2.75, 3.05) is 13.1 Å². The van der Waals surface area contributed by atoms with Gasteiger partial charge in [0.15, 0.2) is 0 Å². The quantitative estimate of drug-likeness (QED) is 0.676. The molecule has 1 atom stereocenters. The molecular formula is C21H22ClN3O5S. The summed E-state index contributed by atoms with van der Waals surface area (Å²) in [6.45, 7) is 2.98. The van der Waals surface area contributed by atoms with Crippen molar-refractivity contribution in [2.24, 2.45) is 0 Å². The Hall–Kier alpha value is -2.91. The first-order valence-electron chi connectivity index (χ1n) is 9.64. The summed E-state index contributed by atoms with van der Waals surface area (Å²) in [6.07, 6.45) is 0. The van der Waals surface area contributed by atoms with Crippen LogP contribution in [0.3, 0.4) is 0 Å². The number of rotatable bonds is 7. The van der Waals surface area contributed by atoms with E-state index < -0.39 is 40.3 Å². The number of hydrogen-bond donors (Lipinski definition) is 1. The fourth-order valence-corrected chi connectivity index (χ4v) is 5.07. The molecule has 2 aromatic carbocycles. The predicted molar refractivity (Wildman–Crippen MR) is 115 cm³/mol. The summed E-state index contributed by atoms with van der Waals surface area (Å²) in [5, 5.41) is 3.11. The Kier molecular flexibility index (Phi) is 6.66. The number of carbonyl (C=O) groups is 3. The van der Waals surface area contributed by atoms with Gasteiger partial charge in [-0.15, -0.1) is 0 Å². The zero-order valence-electron chi connectivity index (χ0n) is 17.0. The van der Waals surface area contributed by atoms with Gasteiger partial charge in [-0.25, -0.2) is 12.7 Å². The van der Waals surface area contributed by atoms with Crippen LogP contribution >= 0.6 is 11.6 Å². The van der Waals surface area contributed by atoms with Gasteiger partial charge < -0.3 is 10.2 Å². The van der Waals surface area contributed by atoms with Crippen molar-refractivity contribution < 1.29 is 22.8 Å².